The van der Waals surface area contributed by atoms with Crippen molar-refractivity contribution in [2.45, 2.75) is 0 Å². The van der Waals surface area contributed by atoms with Gasteiger partial charge in [-0.15, -0.1) is 54.6 Å². The molecule has 0 radical (unpaired) electrons. The van der Waals surface area contributed by atoms with Gasteiger partial charge in [0, 0.05) is 10.8 Å². The van der Waals surface area contributed by atoms with Crippen molar-refractivity contribution in [1.82, 2.24) is 0 Å². The predicted octanol–water partition coefficient (Wildman–Crippen LogP) is -33.2. The van der Waals surface area contributed by atoms with E-state index in [0.717, 1.165) is 11.2 Å². The zero-order valence-corrected chi connectivity index (χ0v) is 47.4. The van der Waals surface area contributed by atoms with E-state index in [0.29, 0.717) is 0 Å². The number of benzene rings is 8. The van der Waals surface area contributed by atoms with E-state index in [9.17, 15) is 0 Å². The van der Waals surface area contributed by atoms with Gasteiger partial charge in [0.25, 0.3) is 0 Å². The molecule has 0 N–H and O–H groups in total. The van der Waals surface area contributed by atoms with Gasteiger partial charge in [0.2, 0.25) is 0 Å². The van der Waals surface area contributed by atoms with Gasteiger partial charge in [-0.2, -0.15) is 0 Å². The van der Waals surface area contributed by atoms with E-state index in [1.165, 1.54) is 219 Å². The minimum Gasteiger partial charge on any atom is -0.457 e. The Balaban J connectivity index is 1.68. The normalized spacial score (nSPS) is 11.8. The summed E-state index contributed by atoms with van der Waals surface area (Å²) in [6.45, 7) is 0. The zero-order valence-electron chi connectivity index (χ0n) is 47.4. The quantitative estimate of drug-likeness (QED) is 0.127. The van der Waals surface area contributed by atoms with Gasteiger partial charge in [0.15, 0.2) is 0 Å². The summed E-state index contributed by atoms with van der Waals surface area (Å²) in [6.07, 6.45) is 0. The van der Waals surface area contributed by atoms with Gasteiger partial charge in [0.1, 0.15) is 215 Å². The molecule has 9 rings (SSSR count). The van der Waals surface area contributed by atoms with Crippen molar-refractivity contribution in [2.24, 2.45) is 0 Å². The fourth-order valence-corrected chi connectivity index (χ4v) is 13.7. The van der Waals surface area contributed by atoms with Crippen LogP contribution in [0.5, 0.6) is 0 Å². The van der Waals surface area contributed by atoms with E-state index in [4.69, 9.17) is 4.42 Å². The number of hydrogen-bond acceptors (Lipinski definition) is 1. The molecule has 0 spiro atoms. The second-order valence-electron chi connectivity index (χ2n) is 22.3. The van der Waals surface area contributed by atoms with E-state index < -0.39 is 0 Å². The molecule has 0 aliphatic rings. The van der Waals surface area contributed by atoms with E-state index in [1.54, 1.807) is 0 Å². The smallest absolute Gasteiger partial charge is 0.143 e. The molecular weight excluding hydrogens is 802 g/mol. The molecular formula is C42H52B26O. The molecule has 0 saturated heterocycles. The maximum Gasteiger partial charge on any atom is 0.143 e. The van der Waals surface area contributed by atoms with E-state index >= 15 is 0 Å². The van der Waals surface area contributed by atoms with Crippen molar-refractivity contribution in [2.75, 3.05) is 0 Å². The molecule has 0 atom stereocenters. The zero-order chi connectivity index (χ0) is 51.0. The predicted molar refractivity (Wildman–Crippen MR) is 395 cm³/mol. The van der Waals surface area contributed by atoms with Gasteiger partial charge in [-0.25, -0.2) is 0 Å². The Labute approximate surface area is 435 Å². The third kappa shape index (κ3) is 6.41. The van der Waals surface area contributed by atoms with Crippen molar-refractivity contribution < 1.29 is 4.42 Å². The summed E-state index contributed by atoms with van der Waals surface area (Å²) in [5, 5.41) is 11.0. The minimum absolute atomic E-state index is 1.03. The first-order chi connectivity index (χ1) is 32.2. The molecule has 1 heterocycles. The summed E-state index contributed by atoms with van der Waals surface area (Å²) in [5.74, 6) is 0. The van der Waals surface area contributed by atoms with Crippen LogP contribution in [0.25, 0.3) is 87.6 Å². The second kappa shape index (κ2) is 16.8. The molecule has 69 heavy (non-hydrogen) atoms. The highest BCUT2D eigenvalue weighted by molar-refractivity contribution is 6.77. The highest BCUT2D eigenvalue weighted by Crippen LogP contribution is 2.42. The molecule has 27 heteroatoms. The first-order valence-electron chi connectivity index (χ1n) is 25.7. The Hall–Kier alpha value is -3.97. The molecule has 0 unspecified atom stereocenters. The van der Waals surface area contributed by atoms with Crippen LogP contribution >= 0.6 is 0 Å². The highest BCUT2D eigenvalue weighted by atomic mass is 16.3. The number of furan rings is 1. The average Bonchev–Trinajstić information content (AvgIpc) is 3.73. The third-order valence-corrected chi connectivity index (χ3v) is 19.9. The summed E-state index contributed by atoms with van der Waals surface area (Å²) in [4.78, 5) is 0. The topological polar surface area (TPSA) is 13.1 Å². The second-order valence-corrected chi connectivity index (χ2v) is 22.3. The molecule has 9 aromatic rings. The lowest BCUT2D eigenvalue weighted by Crippen LogP contribution is -2.56. The standard InChI is InChI=1S/C42H52B26O/c43-15-3(8-10(23(51)33(61)32(60)22(8)50)16(44)11(15)12-24(52)34(62)37(65)35(63)25(12)53)1-4-6(20(48)30(58)28(56)18(4)46)2(7-5(1)19(47)29(57)31(59)21(7)49)9-17(45)13-14-27(55)36(64)38(66)40(68)42(14)69-41(13)39(67)26(9)54/h43-68H2. The monoisotopic (exact) mass is 859 g/mol. The van der Waals surface area contributed by atoms with Crippen LogP contribution in [-0.2, 0) is 0 Å². The van der Waals surface area contributed by atoms with Gasteiger partial charge in [-0.05, 0) is 65.7 Å². The van der Waals surface area contributed by atoms with Crippen molar-refractivity contribution in [3.8, 4) is 33.4 Å². The van der Waals surface area contributed by atoms with Gasteiger partial charge in [0.05, 0.1) is 0 Å². The maximum atomic E-state index is 7.08. The molecule has 1 aromatic heterocycles. The molecule has 0 aliphatic carbocycles. The number of hydrogen-bond donors (Lipinski definition) is 0. The summed E-state index contributed by atoms with van der Waals surface area (Å²) < 4.78 is 7.08. The van der Waals surface area contributed by atoms with Crippen LogP contribution in [0.1, 0.15) is 0 Å². The van der Waals surface area contributed by atoms with Crippen LogP contribution in [0, 0.1) is 0 Å². The molecule has 0 amide bonds. The van der Waals surface area contributed by atoms with Gasteiger partial charge in [-0.3, -0.25) is 0 Å². The van der Waals surface area contributed by atoms with E-state index in [-0.39, 0.29) is 0 Å². The molecule has 8 aromatic carbocycles. The number of fused-ring (bicyclic) bond motifs is 6. The van der Waals surface area contributed by atoms with Crippen LogP contribution in [0.4, 0.5) is 0 Å². The summed E-state index contributed by atoms with van der Waals surface area (Å²) in [5.41, 5.74) is 45.9. The molecule has 1 nitrogen and oxygen atoms in total. The van der Waals surface area contributed by atoms with Crippen LogP contribution in [0.2, 0.25) is 0 Å². The van der Waals surface area contributed by atoms with Gasteiger partial charge < -0.3 is 4.42 Å². The largest absolute Gasteiger partial charge is 0.457 e. The van der Waals surface area contributed by atoms with Gasteiger partial charge >= 0.3 is 0 Å². The Bertz CT molecular complexity index is 3860. The minimum atomic E-state index is 1.03. The molecule has 0 aliphatic heterocycles. The Morgan fingerprint density at radius 2 is 0.333 bits per heavy atom. The summed E-state index contributed by atoms with van der Waals surface area (Å²) in [6, 6.07) is 0. The molecule has 0 bridgehead atoms. The Kier molecular flexibility index (Phi) is 12.2. The van der Waals surface area contributed by atoms with E-state index in [1.807, 2.05) is 0 Å². The lowest BCUT2D eigenvalue weighted by molar-refractivity contribution is 0.675. The van der Waals surface area contributed by atoms with Crippen molar-refractivity contribution in [1.29, 1.82) is 0 Å². The average molecular weight is 854 g/mol. The fourth-order valence-electron chi connectivity index (χ4n) is 13.7. The highest BCUT2D eigenvalue weighted by Gasteiger charge is 2.32. The van der Waals surface area contributed by atoms with E-state index in [2.05, 4.69) is 204 Å². The van der Waals surface area contributed by atoms with Crippen LogP contribution in [-0.4, -0.2) is 204 Å². The first-order valence-corrected chi connectivity index (χ1v) is 25.7. The lowest BCUT2D eigenvalue weighted by atomic mass is 9.55. The first kappa shape index (κ1) is 50.0. The summed E-state index contributed by atoms with van der Waals surface area (Å²) >= 11 is 0. The summed E-state index contributed by atoms with van der Waals surface area (Å²) in [7, 11) is 61.6. The van der Waals surface area contributed by atoms with Crippen molar-refractivity contribution in [3.05, 3.63) is 0 Å². The van der Waals surface area contributed by atoms with Crippen LogP contribution in [0.15, 0.2) is 4.42 Å². The molecule has 0 fully saturated rings. The van der Waals surface area contributed by atoms with Crippen molar-refractivity contribution >= 4 is 400 Å². The Morgan fingerprint density at radius 3 is 0.725 bits per heavy atom. The molecule has 304 valence electrons. The maximum absolute atomic E-state index is 7.08. The van der Waals surface area contributed by atoms with Crippen LogP contribution < -0.4 is 142 Å². The SMILES string of the molecule is Bc1c(B)c(B)c(-c2c(B)c(-c3c4c(B)c(B)c(B)c(B)c4c(-c4c(B)c(B)c5oc6c(B)c(B)c(B)c(B)c6c5c4B)c4c(B)c(B)c(B)c(B)c34)c3c(B)c(B)c(B)c(B)c3c2B)c(B)c1B. The lowest BCUT2D eigenvalue weighted by Gasteiger charge is -2.33. The number of rotatable bonds is 3. The van der Waals surface area contributed by atoms with Crippen molar-refractivity contribution in [3.63, 3.8) is 0 Å². The van der Waals surface area contributed by atoms with Crippen LogP contribution in [0.3, 0.4) is 0 Å². The molecule has 0 saturated carbocycles. The van der Waals surface area contributed by atoms with Gasteiger partial charge in [-0.1, -0.05) is 87.4 Å². The Morgan fingerprint density at radius 1 is 0.130 bits per heavy atom. The third-order valence-electron chi connectivity index (χ3n) is 19.9. The fraction of sp³-hybridized carbons (Fsp3) is 0.